The number of carbonyl (C=O) groups excluding carboxylic acids is 1. The number of para-hydroxylation sites is 1. The summed E-state index contributed by atoms with van der Waals surface area (Å²) in [6.07, 6.45) is 1.41. The molecule has 0 bridgehead atoms. The molecule has 1 aromatic heterocycles. The van der Waals surface area contributed by atoms with Gasteiger partial charge in [0.05, 0.1) is 12.0 Å². The third kappa shape index (κ3) is 5.24. The van der Waals surface area contributed by atoms with Crippen LogP contribution in [0.3, 0.4) is 0 Å². The topological polar surface area (TPSA) is 73.2 Å². The van der Waals surface area contributed by atoms with Gasteiger partial charge in [0.25, 0.3) is 11.5 Å². The molecule has 0 spiro atoms. The van der Waals surface area contributed by atoms with Crippen molar-refractivity contribution in [2.75, 3.05) is 13.2 Å². The lowest BCUT2D eigenvalue weighted by atomic mass is 10.1. The fourth-order valence-electron chi connectivity index (χ4n) is 2.40. The Labute approximate surface area is 155 Å². The van der Waals surface area contributed by atoms with Gasteiger partial charge in [-0.05, 0) is 36.4 Å². The number of hydrogen-bond donors (Lipinski definition) is 1. The second-order valence-electron chi connectivity index (χ2n) is 5.76. The SMILES string of the molecule is O=C(COc1ccccc1)NCCn1cnc(-c2ccc(F)cc2)cc1=O. The highest BCUT2D eigenvalue weighted by atomic mass is 19.1. The summed E-state index contributed by atoms with van der Waals surface area (Å²) in [6.45, 7) is 0.460. The highest BCUT2D eigenvalue weighted by molar-refractivity contribution is 5.77. The molecule has 0 fully saturated rings. The van der Waals surface area contributed by atoms with Crippen LogP contribution >= 0.6 is 0 Å². The Morgan fingerprint density at radius 1 is 1.11 bits per heavy atom. The quantitative estimate of drug-likeness (QED) is 0.695. The van der Waals surface area contributed by atoms with Gasteiger partial charge in [0, 0.05) is 24.7 Å². The number of aromatic nitrogens is 2. The summed E-state index contributed by atoms with van der Waals surface area (Å²) in [5.74, 6) is -0.00803. The first kappa shape index (κ1) is 18.3. The number of benzene rings is 2. The Hall–Kier alpha value is -3.48. The molecule has 0 unspecified atom stereocenters. The number of amides is 1. The van der Waals surface area contributed by atoms with Crippen LogP contribution in [0, 0.1) is 5.82 Å². The van der Waals surface area contributed by atoms with Crippen LogP contribution in [0.1, 0.15) is 0 Å². The average Bonchev–Trinajstić information content (AvgIpc) is 2.69. The van der Waals surface area contributed by atoms with Crippen LogP contribution in [0.25, 0.3) is 11.3 Å². The molecule has 0 aliphatic heterocycles. The number of halogens is 1. The van der Waals surface area contributed by atoms with Crippen LogP contribution in [-0.2, 0) is 11.3 Å². The van der Waals surface area contributed by atoms with E-state index >= 15 is 0 Å². The molecule has 1 heterocycles. The van der Waals surface area contributed by atoms with Crippen LogP contribution < -0.4 is 15.6 Å². The summed E-state index contributed by atoms with van der Waals surface area (Å²) >= 11 is 0. The van der Waals surface area contributed by atoms with Gasteiger partial charge in [0.1, 0.15) is 11.6 Å². The fourth-order valence-corrected chi connectivity index (χ4v) is 2.40. The van der Waals surface area contributed by atoms with E-state index in [1.54, 1.807) is 24.3 Å². The van der Waals surface area contributed by atoms with Gasteiger partial charge in [-0.25, -0.2) is 9.37 Å². The van der Waals surface area contributed by atoms with Crippen molar-refractivity contribution < 1.29 is 13.9 Å². The number of hydrogen-bond acceptors (Lipinski definition) is 4. The summed E-state index contributed by atoms with van der Waals surface area (Å²) in [4.78, 5) is 28.2. The van der Waals surface area contributed by atoms with E-state index in [1.165, 1.54) is 29.1 Å². The van der Waals surface area contributed by atoms with Crippen LogP contribution in [-0.4, -0.2) is 28.6 Å². The van der Waals surface area contributed by atoms with Gasteiger partial charge >= 0.3 is 0 Å². The highest BCUT2D eigenvalue weighted by Crippen LogP contribution is 2.14. The van der Waals surface area contributed by atoms with E-state index in [2.05, 4.69) is 10.3 Å². The van der Waals surface area contributed by atoms with Gasteiger partial charge < -0.3 is 10.1 Å². The summed E-state index contributed by atoms with van der Waals surface area (Å²) < 4.78 is 19.7. The molecule has 0 aliphatic carbocycles. The molecule has 0 atom stereocenters. The minimum atomic E-state index is -0.348. The zero-order chi connectivity index (χ0) is 19.1. The van der Waals surface area contributed by atoms with Crippen molar-refractivity contribution in [3.8, 4) is 17.0 Å². The lowest BCUT2D eigenvalue weighted by molar-refractivity contribution is -0.123. The Balaban J connectivity index is 1.50. The molecule has 7 heteroatoms. The number of ether oxygens (including phenoxy) is 1. The Bertz CT molecular complexity index is 956. The molecule has 0 aliphatic rings. The second kappa shape index (κ2) is 8.75. The third-order valence-electron chi connectivity index (χ3n) is 3.81. The molecular formula is C20H18FN3O3. The normalized spacial score (nSPS) is 10.4. The van der Waals surface area contributed by atoms with E-state index in [4.69, 9.17) is 4.74 Å². The molecule has 0 saturated heterocycles. The molecule has 6 nitrogen and oxygen atoms in total. The van der Waals surface area contributed by atoms with Gasteiger partial charge in [-0.15, -0.1) is 0 Å². The van der Waals surface area contributed by atoms with Gasteiger partial charge in [0.2, 0.25) is 0 Å². The first-order valence-corrected chi connectivity index (χ1v) is 8.39. The predicted octanol–water partition coefficient (Wildman–Crippen LogP) is 2.24. The standard InChI is InChI=1S/C20H18FN3O3/c21-16-8-6-15(7-9-16)18-12-20(26)24(14-23-18)11-10-22-19(25)13-27-17-4-2-1-3-5-17/h1-9,12,14H,10-11,13H2,(H,22,25). The first-order chi connectivity index (χ1) is 13.1. The first-order valence-electron chi connectivity index (χ1n) is 8.39. The maximum absolute atomic E-state index is 13.0. The van der Waals surface area contributed by atoms with Crippen molar-refractivity contribution in [1.82, 2.24) is 14.9 Å². The Kier molecular flexibility index (Phi) is 5.94. The minimum absolute atomic E-state index is 0.0966. The maximum atomic E-state index is 13.0. The number of rotatable bonds is 7. The van der Waals surface area contributed by atoms with Gasteiger partial charge in [-0.3, -0.25) is 14.2 Å². The van der Waals surface area contributed by atoms with Gasteiger partial charge in [-0.1, -0.05) is 18.2 Å². The summed E-state index contributed by atoms with van der Waals surface area (Å²) in [5, 5.41) is 2.69. The van der Waals surface area contributed by atoms with Crippen molar-refractivity contribution in [2.24, 2.45) is 0 Å². The van der Waals surface area contributed by atoms with Crippen molar-refractivity contribution in [1.29, 1.82) is 0 Å². The molecule has 138 valence electrons. The van der Waals surface area contributed by atoms with Crippen molar-refractivity contribution in [2.45, 2.75) is 6.54 Å². The smallest absolute Gasteiger partial charge is 0.258 e. The van der Waals surface area contributed by atoms with E-state index < -0.39 is 0 Å². The maximum Gasteiger partial charge on any atom is 0.258 e. The number of nitrogens with one attached hydrogen (secondary N) is 1. The van der Waals surface area contributed by atoms with Crippen LogP contribution in [0.15, 0.2) is 71.8 Å². The zero-order valence-electron chi connectivity index (χ0n) is 14.5. The van der Waals surface area contributed by atoms with E-state index in [0.29, 0.717) is 17.0 Å². The summed E-state index contributed by atoms with van der Waals surface area (Å²) in [7, 11) is 0. The molecule has 1 amide bonds. The Morgan fingerprint density at radius 2 is 1.85 bits per heavy atom. The van der Waals surface area contributed by atoms with Gasteiger partial charge in [-0.2, -0.15) is 0 Å². The van der Waals surface area contributed by atoms with Crippen molar-refractivity contribution >= 4 is 5.91 Å². The predicted molar refractivity (Wildman–Crippen MR) is 98.8 cm³/mol. The summed E-state index contributed by atoms with van der Waals surface area (Å²) in [5.41, 5.74) is 0.877. The molecule has 1 N–H and O–H groups in total. The third-order valence-corrected chi connectivity index (χ3v) is 3.81. The number of carbonyl (C=O) groups is 1. The highest BCUT2D eigenvalue weighted by Gasteiger charge is 2.05. The average molecular weight is 367 g/mol. The van der Waals surface area contributed by atoms with Crippen LogP contribution in [0.5, 0.6) is 5.75 Å². The fraction of sp³-hybridized carbons (Fsp3) is 0.150. The Morgan fingerprint density at radius 3 is 2.56 bits per heavy atom. The molecule has 27 heavy (non-hydrogen) atoms. The molecule has 0 radical (unpaired) electrons. The lowest BCUT2D eigenvalue weighted by Gasteiger charge is -2.09. The van der Waals surface area contributed by atoms with Crippen molar-refractivity contribution in [3.63, 3.8) is 0 Å². The zero-order valence-corrected chi connectivity index (χ0v) is 14.5. The van der Waals surface area contributed by atoms with Crippen LogP contribution in [0.2, 0.25) is 0 Å². The molecule has 2 aromatic carbocycles. The van der Waals surface area contributed by atoms with Crippen molar-refractivity contribution in [3.05, 3.63) is 83.2 Å². The molecular weight excluding hydrogens is 349 g/mol. The minimum Gasteiger partial charge on any atom is -0.484 e. The lowest BCUT2D eigenvalue weighted by Crippen LogP contribution is -2.33. The molecule has 3 aromatic rings. The number of nitrogens with zero attached hydrogens (tertiary/aromatic N) is 2. The molecule has 0 saturated carbocycles. The van der Waals surface area contributed by atoms with Crippen LogP contribution in [0.4, 0.5) is 4.39 Å². The van der Waals surface area contributed by atoms with E-state index in [-0.39, 0.29) is 37.0 Å². The monoisotopic (exact) mass is 367 g/mol. The molecule has 3 rings (SSSR count). The largest absolute Gasteiger partial charge is 0.484 e. The van der Waals surface area contributed by atoms with E-state index in [0.717, 1.165) is 0 Å². The van der Waals surface area contributed by atoms with Gasteiger partial charge in [0.15, 0.2) is 6.61 Å². The second-order valence-corrected chi connectivity index (χ2v) is 5.76. The summed E-state index contributed by atoms with van der Waals surface area (Å²) in [6, 6.07) is 16.2. The van der Waals surface area contributed by atoms with E-state index in [1.807, 2.05) is 18.2 Å². The van der Waals surface area contributed by atoms with E-state index in [9.17, 15) is 14.0 Å².